The van der Waals surface area contributed by atoms with Crippen molar-refractivity contribution in [3.05, 3.63) is 52.6 Å². The van der Waals surface area contributed by atoms with Gasteiger partial charge in [-0.3, -0.25) is 0 Å². The Morgan fingerprint density at radius 2 is 1.86 bits per heavy atom. The van der Waals surface area contributed by atoms with E-state index in [0.717, 1.165) is 22.6 Å². The van der Waals surface area contributed by atoms with Crippen molar-refractivity contribution in [2.24, 2.45) is 0 Å². The van der Waals surface area contributed by atoms with Crippen LogP contribution in [0.15, 0.2) is 35.2 Å². The molecule has 0 radical (unpaired) electrons. The number of ether oxygens (including phenoxy) is 2. The van der Waals surface area contributed by atoms with Crippen LogP contribution in [-0.4, -0.2) is 24.8 Å². The van der Waals surface area contributed by atoms with Gasteiger partial charge in [0.1, 0.15) is 11.5 Å². The normalized spacial score (nSPS) is 10.7. The SMILES string of the molecule is CCCCCc1ccc(CSc2cc(C)c(OCC(=O)O)cc2OC)cc1C. The van der Waals surface area contributed by atoms with Crippen molar-refractivity contribution in [2.45, 2.75) is 57.1 Å². The molecule has 0 atom stereocenters. The summed E-state index contributed by atoms with van der Waals surface area (Å²) in [6, 6.07) is 10.5. The van der Waals surface area contributed by atoms with E-state index in [0.29, 0.717) is 11.5 Å². The number of benzene rings is 2. The number of carbonyl (C=O) groups is 1. The van der Waals surface area contributed by atoms with Gasteiger partial charge < -0.3 is 14.6 Å². The van der Waals surface area contributed by atoms with Crippen LogP contribution in [0.4, 0.5) is 0 Å². The fourth-order valence-corrected chi connectivity index (χ4v) is 4.11. The second-order valence-electron chi connectivity index (χ2n) is 6.96. The van der Waals surface area contributed by atoms with Crippen LogP contribution in [0.2, 0.25) is 0 Å². The van der Waals surface area contributed by atoms with E-state index in [1.54, 1.807) is 24.9 Å². The third kappa shape index (κ3) is 6.48. The summed E-state index contributed by atoms with van der Waals surface area (Å²) in [5.41, 5.74) is 4.98. The number of thioether (sulfide) groups is 1. The Morgan fingerprint density at radius 3 is 2.50 bits per heavy atom. The molecular formula is C23H30O4S. The fourth-order valence-electron chi connectivity index (χ4n) is 3.07. The maximum absolute atomic E-state index is 10.7. The lowest BCUT2D eigenvalue weighted by Crippen LogP contribution is -2.10. The van der Waals surface area contributed by atoms with Crippen molar-refractivity contribution < 1.29 is 19.4 Å². The van der Waals surface area contributed by atoms with Gasteiger partial charge in [-0.2, -0.15) is 0 Å². The highest BCUT2D eigenvalue weighted by Gasteiger charge is 2.12. The average molecular weight is 403 g/mol. The predicted octanol–water partition coefficient (Wildman–Crippen LogP) is 5.80. The van der Waals surface area contributed by atoms with Gasteiger partial charge in [-0.1, -0.05) is 38.0 Å². The Balaban J connectivity index is 2.06. The van der Waals surface area contributed by atoms with Gasteiger partial charge in [0.25, 0.3) is 0 Å². The van der Waals surface area contributed by atoms with Crippen molar-refractivity contribution in [2.75, 3.05) is 13.7 Å². The Bertz CT molecular complexity index is 801. The number of rotatable bonds is 11. The van der Waals surface area contributed by atoms with E-state index in [4.69, 9.17) is 14.6 Å². The lowest BCUT2D eigenvalue weighted by atomic mass is 10.0. The molecule has 0 bridgehead atoms. The molecule has 0 aliphatic rings. The second-order valence-corrected chi connectivity index (χ2v) is 7.97. The van der Waals surface area contributed by atoms with E-state index in [1.807, 2.05) is 13.0 Å². The summed E-state index contributed by atoms with van der Waals surface area (Å²) >= 11 is 1.71. The van der Waals surface area contributed by atoms with E-state index in [1.165, 1.54) is 36.0 Å². The third-order valence-electron chi connectivity index (χ3n) is 4.66. The molecule has 2 rings (SSSR count). The molecule has 4 nitrogen and oxygen atoms in total. The first-order chi connectivity index (χ1) is 13.4. The molecule has 0 heterocycles. The first-order valence-electron chi connectivity index (χ1n) is 9.69. The van der Waals surface area contributed by atoms with E-state index in [2.05, 4.69) is 32.0 Å². The molecule has 152 valence electrons. The molecule has 28 heavy (non-hydrogen) atoms. The Hall–Kier alpha value is -2.14. The molecule has 5 heteroatoms. The molecule has 2 aromatic rings. The number of carboxylic acid groups (broad SMARTS) is 1. The monoisotopic (exact) mass is 402 g/mol. The van der Waals surface area contributed by atoms with E-state index < -0.39 is 5.97 Å². The van der Waals surface area contributed by atoms with Crippen LogP contribution in [0.5, 0.6) is 11.5 Å². The highest BCUT2D eigenvalue weighted by molar-refractivity contribution is 7.98. The molecule has 2 aromatic carbocycles. The summed E-state index contributed by atoms with van der Waals surface area (Å²) in [6.07, 6.45) is 4.92. The minimum absolute atomic E-state index is 0.361. The van der Waals surface area contributed by atoms with E-state index in [-0.39, 0.29) is 6.61 Å². The molecule has 0 aliphatic heterocycles. The zero-order valence-corrected chi connectivity index (χ0v) is 18.0. The van der Waals surface area contributed by atoms with Crippen LogP contribution in [0.1, 0.15) is 48.4 Å². The summed E-state index contributed by atoms with van der Waals surface area (Å²) in [6.45, 7) is 5.97. The first-order valence-corrected chi connectivity index (χ1v) is 10.7. The van der Waals surface area contributed by atoms with Crippen LogP contribution in [0.3, 0.4) is 0 Å². The number of hydrogen-bond acceptors (Lipinski definition) is 4. The van der Waals surface area contributed by atoms with E-state index >= 15 is 0 Å². The van der Waals surface area contributed by atoms with Crippen LogP contribution >= 0.6 is 11.8 Å². The van der Waals surface area contributed by atoms with Crippen LogP contribution in [0.25, 0.3) is 0 Å². The lowest BCUT2D eigenvalue weighted by Gasteiger charge is -2.14. The van der Waals surface area contributed by atoms with Gasteiger partial charge in [0.15, 0.2) is 6.61 Å². The summed E-state index contributed by atoms with van der Waals surface area (Å²) in [4.78, 5) is 11.8. The quantitative estimate of drug-likeness (QED) is 0.380. The lowest BCUT2D eigenvalue weighted by molar-refractivity contribution is -0.139. The second kappa shape index (κ2) is 11.0. The first kappa shape index (κ1) is 22.2. The zero-order chi connectivity index (χ0) is 20.5. The molecule has 0 aromatic heterocycles. The number of methoxy groups -OCH3 is 1. The number of hydrogen-bond donors (Lipinski definition) is 1. The maximum Gasteiger partial charge on any atom is 0.341 e. The molecule has 0 aliphatic carbocycles. The molecule has 0 saturated carbocycles. The standard InChI is InChI=1S/C23H30O4S/c1-5-6-7-8-19-10-9-18(11-16(19)2)15-28-22-12-17(3)20(13-21(22)26-4)27-14-23(24)25/h9-13H,5-8,14-15H2,1-4H3,(H,24,25). The van der Waals surface area contributed by atoms with E-state index in [9.17, 15) is 4.79 Å². The summed E-state index contributed by atoms with van der Waals surface area (Å²) < 4.78 is 10.8. The average Bonchev–Trinajstić information content (AvgIpc) is 2.67. The predicted molar refractivity (Wildman–Crippen MR) is 115 cm³/mol. The third-order valence-corrected chi connectivity index (χ3v) is 5.77. The largest absolute Gasteiger partial charge is 0.495 e. The molecular weight excluding hydrogens is 372 g/mol. The zero-order valence-electron chi connectivity index (χ0n) is 17.2. The Morgan fingerprint density at radius 1 is 1.07 bits per heavy atom. The van der Waals surface area contributed by atoms with Gasteiger partial charge in [-0.15, -0.1) is 11.8 Å². The number of aryl methyl sites for hydroxylation is 3. The Kier molecular flexibility index (Phi) is 8.71. The van der Waals surface area contributed by atoms with Gasteiger partial charge >= 0.3 is 5.97 Å². The number of aliphatic carboxylic acids is 1. The summed E-state index contributed by atoms with van der Waals surface area (Å²) in [5.74, 6) is 1.09. The van der Waals surface area contributed by atoms with Crippen molar-refractivity contribution in [1.82, 2.24) is 0 Å². The molecule has 1 N–H and O–H groups in total. The maximum atomic E-state index is 10.7. The van der Waals surface area contributed by atoms with Crippen molar-refractivity contribution in [1.29, 1.82) is 0 Å². The molecule has 0 unspecified atom stereocenters. The van der Waals surface area contributed by atoms with Gasteiger partial charge in [0.2, 0.25) is 0 Å². The van der Waals surface area contributed by atoms with Gasteiger partial charge in [-0.25, -0.2) is 4.79 Å². The summed E-state index contributed by atoms with van der Waals surface area (Å²) in [7, 11) is 1.62. The number of unbranched alkanes of at least 4 members (excludes halogenated alkanes) is 2. The van der Waals surface area contributed by atoms with Gasteiger partial charge in [-0.05, 0) is 55.0 Å². The van der Waals surface area contributed by atoms with Crippen LogP contribution < -0.4 is 9.47 Å². The topological polar surface area (TPSA) is 55.8 Å². The van der Waals surface area contributed by atoms with Crippen molar-refractivity contribution in [3.8, 4) is 11.5 Å². The molecule has 0 saturated heterocycles. The fraction of sp³-hybridized carbons (Fsp3) is 0.435. The van der Waals surface area contributed by atoms with Crippen molar-refractivity contribution in [3.63, 3.8) is 0 Å². The highest BCUT2D eigenvalue weighted by atomic mass is 32.2. The van der Waals surface area contributed by atoms with Crippen LogP contribution in [-0.2, 0) is 17.0 Å². The van der Waals surface area contributed by atoms with Gasteiger partial charge in [0, 0.05) is 11.8 Å². The smallest absolute Gasteiger partial charge is 0.341 e. The molecule has 0 amide bonds. The minimum Gasteiger partial charge on any atom is -0.495 e. The van der Waals surface area contributed by atoms with Crippen LogP contribution in [0, 0.1) is 13.8 Å². The van der Waals surface area contributed by atoms with Gasteiger partial charge in [0.05, 0.1) is 12.0 Å². The minimum atomic E-state index is -0.995. The number of carboxylic acids is 1. The summed E-state index contributed by atoms with van der Waals surface area (Å²) in [5, 5.41) is 8.80. The van der Waals surface area contributed by atoms with Crippen molar-refractivity contribution >= 4 is 17.7 Å². The Labute approximate surface area is 172 Å². The molecule has 0 spiro atoms. The highest BCUT2D eigenvalue weighted by Crippen LogP contribution is 2.37. The molecule has 0 fully saturated rings.